The van der Waals surface area contributed by atoms with Gasteiger partial charge in [-0.15, -0.1) is 0 Å². The summed E-state index contributed by atoms with van der Waals surface area (Å²) in [7, 11) is 0. The van der Waals surface area contributed by atoms with Crippen LogP contribution in [0.3, 0.4) is 0 Å². The van der Waals surface area contributed by atoms with Crippen LogP contribution in [0, 0.1) is 0 Å². The summed E-state index contributed by atoms with van der Waals surface area (Å²) in [5.41, 5.74) is 0.934. The van der Waals surface area contributed by atoms with Crippen molar-refractivity contribution in [3.05, 3.63) is 72.1 Å². The first-order valence-corrected chi connectivity index (χ1v) is 14.2. The molecule has 0 aliphatic rings. The first-order chi connectivity index (χ1) is 20.3. The van der Waals surface area contributed by atoms with Gasteiger partial charge in [0.25, 0.3) is 11.8 Å². The SMILES string of the molecule is CCCCCC(=O)c1ccncc1O.CCCCNC(=O)c1ccncc1O.CCCCNC(=O)c1ccncc1O.[Fe]. The van der Waals surface area contributed by atoms with Crippen molar-refractivity contribution in [3.8, 4) is 17.2 Å². The molecule has 0 atom stereocenters. The number of carbonyl (C=O) groups excluding carboxylic acids is 3. The molecule has 0 aromatic carbocycles. The minimum absolute atomic E-state index is 0. The Morgan fingerprint density at radius 1 is 0.605 bits per heavy atom. The second kappa shape index (κ2) is 23.5. The maximum absolute atomic E-state index is 11.6. The van der Waals surface area contributed by atoms with Gasteiger partial charge >= 0.3 is 0 Å². The fraction of sp³-hybridized carbons (Fsp3) is 0.419. The molecule has 0 aliphatic heterocycles. The normalized spacial score (nSPS) is 9.65. The second-order valence-electron chi connectivity index (χ2n) is 9.28. The summed E-state index contributed by atoms with van der Waals surface area (Å²) in [5.74, 6) is -0.688. The van der Waals surface area contributed by atoms with Gasteiger partial charge < -0.3 is 26.0 Å². The van der Waals surface area contributed by atoms with Gasteiger partial charge in [-0.25, -0.2) is 0 Å². The van der Waals surface area contributed by atoms with E-state index in [0.29, 0.717) is 25.1 Å². The van der Waals surface area contributed by atoms with Crippen molar-refractivity contribution in [3.63, 3.8) is 0 Å². The Bertz CT molecular complexity index is 1090. The Balaban J connectivity index is 0.000000608. The van der Waals surface area contributed by atoms with Crippen LogP contribution in [0.15, 0.2) is 55.4 Å². The summed E-state index contributed by atoms with van der Waals surface area (Å²) in [6.07, 6.45) is 15.8. The molecule has 0 aliphatic carbocycles. The summed E-state index contributed by atoms with van der Waals surface area (Å²) in [6.45, 7) is 7.47. The number of nitrogens with zero attached hydrogens (tertiary/aromatic N) is 3. The summed E-state index contributed by atoms with van der Waals surface area (Å²) in [4.78, 5) is 45.5. The molecule has 5 N–H and O–H groups in total. The molecule has 236 valence electrons. The van der Waals surface area contributed by atoms with E-state index in [4.69, 9.17) is 0 Å². The van der Waals surface area contributed by atoms with Gasteiger partial charge in [-0.05, 0) is 37.5 Å². The zero-order valence-corrected chi connectivity index (χ0v) is 26.1. The quantitative estimate of drug-likeness (QED) is 0.0961. The van der Waals surface area contributed by atoms with Crippen LogP contribution in [0.2, 0.25) is 0 Å². The van der Waals surface area contributed by atoms with Gasteiger partial charge in [0.2, 0.25) is 0 Å². The zero-order valence-electron chi connectivity index (χ0n) is 25.0. The molecule has 43 heavy (non-hydrogen) atoms. The van der Waals surface area contributed by atoms with Crippen molar-refractivity contribution in [2.24, 2.45) is 0 Å². The van der Waals surface area contributed by atoms with Crippen molar-refractivity contribution < 1.29 is 46.8 Å². The number of nitrogens with one attached hydrogen (secondary N) is 2. The standard InChI is InChI=1S/C11H15NO2.2C10H14N2O2.Fe/c1-2-3-4-5-10(13)9-6-7-12-8-11(9)14;2*1-2-3-5-12-10(14)8-4-6-11-7-9(8)13;/h6-8,14H,2-5H2,1H3;2*4,6-7,13H,2-3,5H2,1H3,(H,12,14);. The van der Waals surface area contributed by atoms with E-state index >= 15 is 0 Å². The number of pyridine rings is 3. The number of rotatable bonds is 13. The van der Waals surface area contributed by atoms with E-state index < -0.39 is 0 Å². The maximum Gasteiger partial charge on any atom is 0.255 e. The Morgan fingerprint density at radius 2 is 0.977 bits per heavy atom. The van der Waals surface area contributed by atoms with Gasteiger partial charge in [0.05, 0.1) is 35.3 Å². The van der Waals surface area contributed by atoms with Crippen LogP contribution in [0.1, 0.15) is 103 Å². The fourth-order valence-electron chi connectivity index (χ4n) is 3.40. The largest absolute Gasteiger partial charge is 0.506 e. The molecule has 3 aromatic rings. The average Bonchev–Trinajstić information content (AvgIpc) is 2.99. The van der Waals surface area contributed by atoms with E-state index in [9.17, 15) is 29.7 Å². The number of amides is 2. The third kappa shape index (κ3) is 15.7. The number of Topliss-reactive ketones (excluding diaryl/α,β-unsaturated/α-hetero) is 1. The van der Waals surface area contributed by atoms with Crippen LogP contribution in [0.4, 0.5) is 0 Å². The molecule has 0 radical (unpaired) electrons. The van der Waals surface area contributed by atoms with Crippen molar-refractivity contribution in [1.82, 2.24) is 25.6 Å². The number of hydrogen-bond donors (Lipinski definition) is 5. The fourth-order valence-corrected chi connectivity index (χ4v) is 3.40. The van der Waals surface area contributed by atoms with E-state index in [2.05, 4.69) is 46.4 Å². The Kier molecular flexibility index (Phi) is 21.3. The third-order valence-electron chi connectivity index (χ3n) is 5.83. The summed E-state index contributed by atoms with van der Waals surface area (Å²) in [6, 6.07) is 4.55. The van der Waals surface area contributed by atoms with Crippen LogP contribution >= 0.6 is 0 Å². The predicted molar refractivity (Wildman–Crippen MR) is 161 cm³/mol. The van der Waals surface area contributed by atoms with E-state index in [0.717, 1.165) is 44.9 Å². The van der Waals surface area contributed by atoms with Gasteiger partial charge in [0, 0.05) is 55.2 Å². The molecule has 0 unspecified atom stereocenters. The Labute approximate surface area is 264 Å². The number of unbranched alkanes of at least 4 members (excludes halogenated alkanes) is 4. The second-order valence-corrected chi connectivity index (χ2v) is 9.28. The van der Waals surface area contributed by atoms with Crippen LogP contribution in [0.5, 0.6) is 17.2 Å². The number of ketones is 1. The molecule has 0 saturated heterocycles. The molecule has 3 rings (SSSR count). The molecule has 3 aromatic heterocycles. The number of aromatic nitrogens is 3. The molecular formula is C31H43FeN5O6. The molecule has 3 heterocycles. The van der Waals surface area contributed by atoms with E-state index in [1.807, 2.05) is 0 Å². The molecule has 0 bridgehead atoms. The maximum atomic E-state index is 11.6. The van der Waals surface area contributed by atoms with Crippen LogP contribution in [-0.4, -0.2) is 61.0 Å². The van der Waals surface area contributed by atoms with E-state index in [1.54, 1.807) is 6.07 Å². The smallest absolute Gasteiger partial charge is 0.255 e. The first-order valence-electron chi connectivity index (χ1n) is 14.2. The van der Waals surface area contributed by atoms with E-state index in [-0.39, 0.29) is 63.0 Å². The Hall–Kier alpha value is -4.02. The van der Waals surface area contributed by atoms with Gasteiger partial charge in [0.15, 0.2) is 5.78 Å². The van der Waals surface area contributed by atoms with Crippen molar-refractivity contribution in [2.75, 3.05) is 13.1 Å². The molecule has 0 saturated carbocycles. The number of hydrogen-bond acceptors (Lipinski definition) is 9. The number of aromatic hydroxyl groups is 3. The topological polar surface area (TPSA) is 175 Å². The zero-order chi connectivity index (χ0) is 31.2. The molecule has 0 spiro atoms. The van der Waals surface area contributed by atoms with Gasteiger partial charge in [0.1, 0.15) is 17.2 Å². The summed E-state index contributed by atoms with van der Waals surface area (Å²) in [5, 5.41) is 33.4. The van der Waals surface area contributed by atoms with Gasteiger partial charge in [-0.3, -0.25) is 29.3 Å². The van der Waals surface area contributed by atoms with Gasteiger partial charge in [-0.1, -0.05) is 46.5 Å². The van der Waals surface area contributed by atoms with Crippen molar-refractivity contribution in [1.29, 1.82) is 0 Å². The monoisotopic (exact) mass is 637 g/mol. The summed E-state index contributed by atoms with van der Waals surface area (Å²) >= 11 is 0. The van der Waals surface area contributed by atoms with Crippen LogP contribution in [-0.2, 0) is 17.1 Å². The van der Waals surface area contributed by atoms with Crippen LogP contribution in [0.25, 0.3) is 0 Å². The van der Waals surface area contributed by atoms with Crippen molar-refractivity contribution >= 4 is 17.6 Å². The van der Waals surface area contributed by atoms with E-state index in [1.165, 1.54) is 49.3 Å². The summed E-state index contributed by atoms with van der Waals surface area (Å²) < 4.78 is 0. The third-order valence-corrected chi connectivity index (χ3v) is 5.83. The van der Waals surface area contributed by atoms with Crippen LogP contribution < -0.4 is 10.6 Å². The Morgan fingerprint density at radius 3 is 1.33 bits per heavy atom. The molecule has 0 fully saturated rings. The average molecular weight is 638 g/mol. The molecule has 11 nitrogen and oxygen atoms in total. The van der Waals surface area contributed by atoms with Crippen molar-refractivity contribution in [2.45, 2.75) is 72.1 Å². The minimum Gasteiger partial charge on any atom is -0.506 e. The minimum atomic E-state index is -0.252. The molecule has 2 amide bonds. The predicted octanol–water partition coefficient (Wildman–Crippen LogP) is 5.18. The van der Waals surface area contributed by atoms with Gasteiger partial charge in [-0.2, -0.15) is 0 Å². The molecular weight excluding hydrogens is 594 g/mol. The molecule has 12 heteroatoms. The number of carbonyl (C=O) groups is 3. The first kappa shape index (κ1) is 39.0.